The zero-order chi connectivity index (χ0) is 14.0. The van der Waals surface area contributed by atoms with Gasteiger partial charge in [0, 0.05) is 19.5 Å². The van der Waals surface area contributed by atoms with Crippen molar-refractivity contribution in [3.05, 3.63) is 22.4 Å². The topological polar surface area (TPSA) is 49.4 Å². The molecule has 0 radical (unpaired) electrons. The summed E-state index contributed by atoms with van der Waals surface area (Å²) in [6, 6.07) is 3.58. The van der Waals surface area contributed by atoms with Gasteiger partial charge in [-0.25, -0.2) is 0 Å². The normalized spacial score (nSPS) is 19.8. The number of hydrogen-bond acceptors (Lipinski definition) is 3. The van der Waals surface area contributed by atoms with Gasteiger partial charge in [-0.3, -0.25) is 9.59 Å². The van der Waals surface area contributed by atoms with E-state index in [-0.39, 0.29) is 23.3 Å². The van der Waals surface area contributed by atoms with Gasteiger partial charge in [0.15, 0.2) is 0 Å². The standard InChI is InChI=1S/C14H20N2O2S/c1-14(2,3)9-16-8-10(7-12(16)17)15-13(18)11-5-4-6-19-11/h4-6,10H,7-9H2,1-3H3,(H,15,18)/t10-/m0/s1. The number of hydrogen-bond donors (Lipinski definition) is 1. The fourth-order valence-corrected chi connectivity index (χ4v) is 2.89. The molecule has 1 aromatic rings. The summed E-state index contributed by atoms with van der Waals surface area (Å²) >= 11 is 1.42. The summed E-state index contributed by atoms with van der Waals surface area (Å²) < 4.78 is 0. The molecule has 5 heteroatoms. The molecular formula is C14H20N2O2S. The summed E-state index contributed by atoms with van der Waals surface area (Å²) in [4.78, 5) is 26.4. The van der Waals surface area contributed by atoms with Gasteiger partial charge in [-0.05, 0) is 16.9 Å². The molecule has 2 rings (SSSR count). The van der Waals surface area contributed by atoms with Crippen LogP contribution in [-0.2, 0) is 4.79 Å². The van der Waals surface area contributed by atoms with Gasteiger partial charge in [0.05, 0.1) is 10.9 Å². The number of carbonyl (C=O) groups excluding carboxylic acids is 2. The highest BCUT2D eigenvalue weighted by Gasteiger charge is 2.32. The summed E-state index contributed by atoms with van der Waals surface area (Å²) in [6.45, 7) is 7.68. The van der Waals surface area contributed by atoms with E-state index in [1.165, 1.54) is 11.3 Å². The maximum absolute atomic E-state index is 11.9. The molecule has 1 N–H and O–H groups in total. The molecule has 0 bridgehead atoms. The number of nitrogens with one attached hydrogen (secondary N) is 1. The third-order valence-electron chi connectivity index (χ3n) is 2.96. The minimum absolute atomic E-state index is 0.0653. The van der Waals surface area contributed by atoms with Gasteiger partial charge < -0.3 is 10.2 Å². The number of nitrogens with zero attached hydrogens (tertiary/aromatic N) is 1. The van der Waals surface area contributed by atoms with Crippen molar-refractivity contribution >= 4 is 23.2 Å². The van der Waals surface area contributed by atoms with Crippen molar-refractivity contribution in [2.24, 2.45) is 5.41 Å². The fraction of sp³-hybridized carbons (Fsp3) is 0.571. The number of rotatable bonds is 3. The van der Waals surface area contributed by atoms with Crippen LogP contribution >= 0.6 is 11.3 Å². The molecule has 19 heavy (non-hydrogen) atoms. The van der Waals surface area contributed by atoms with Gasteiger partial charge in [-0.15, -0.1) is 11.3 Å². The number of thiophene rings is 1. The van der Waals surface area contributed by atoms with E-state index in [0.717, 1.165) is 6.54 Å². The fourth-order valence-electron chi connectivity index (χ4n) is 2.26. The lowest BCUT2D eigenvalue weighted by Gasteiger charge is -2.26. The van der Waals surface area contributed by atoms with E-state index in [0.29, 0.717) is 17.8 Å². The molecule has 1 aliphatic heterocycles. The molecule has 0 aliphatic carbocycles. The monoisotopic (exact) mass is 280 g/mol. The third kappa shape index (κ3) is 3.80. The Balaban J connectivity index is 1.91. The quantitative estimate of drug-likeness (QED) is 0.922. The summed E-state index contributed by atoms with van der Waals surface area (Å²) in [6.07, 6.45) is 0.410. The molecule has 0 aromatic carbocycles. The van der Waals surface area contributed by atoms with Crippen LogP contribution in [0.2, 0.25) is 0 Å². The minimum atomic E-state index is -0.0783. The molecule has 1 aromatic heterocycles. The van der Waals surface area contributed by atoms with Crippen molar-refractivity contribution in [1.82, 2.24) is 10.2 Å². The number of likely N-dealkylation sites (tertiary alicyclic amines) is 1. The number of carbonyl (C=O) groups is 2. The van der Waals surface area contributed by atoms with E-state index in [1.807, 2.05) is 16.3 Å². The van der Waals surface area contributed by atoms with Gasteiger partial charge in [-0.2, -0.15) is 0 Å². The smallest absolute Gasteiger partial charge is 0.261 e. The Bertz CT molecular complexity index is 462. The van der Waals surface area contributed by atoms with Gasteiger partial charge in [-0.1, -0.05) is 26.8 Å². The highest BCUT2D eigenvalue weighted by molar-refractivity contribution is 7.12. The van der Waals surface area contributed by atoms with Gasteiger partial charge >= 0.3 is 0 Å². The maximum atomic E-state index is 11.9. The van der Waals surface area contributed by atoms with E-state index in [1.54, 1.807) is 6.07 Å². The Hall–Kier alpha value is -1.36. The van der Waals surface area contributed by atoms with E-state index in [9.17, 15) is 9.59 Å². The van der Waals surface area contributed by atoms with E-state index >= 15 is 0 Å². The van der Waals surface area contributed by atoms with E-state index < -0.39 is 0 Å². The summed E-state index contributed by atoms with van der Waals surface area (Å²) in [5, 5.41) is 4.81. The highest BCUT2D eigenvalue weighted by Crippen LogP contribution is 2.20. The van der Waals surface area contributed by atoms with E-state index in [2.05, 4.69) is 26.1 Å². The molecule has 0 spiro atoms. The predicted octanol–water partition coefficient (Wildman–Crippen LogP) is 2.12. The third-order valence-corrected chi connectivity index (χ3v) is 3.83. The van der Waals surface area contributed by atoms with Crippen LogP contribution in [0.4, 0.5) is 0 Å². The molecule has 1 saturated heterocycles. The second kappa shape index (κ2) is 5.33. The summed E-state index contributed by atoms with van der Waals surface area (Å²) in [5.74, 6) is 0.0526. The van der Waals surface area contributed by atoms with Crippen LogP contribution in [0, 0.1) is 5.41 Å². The van der Waals surface area contributed by atoms with Crippen LogP contribution in [0.15, 0.2) is 17.5 Å². The molecule has 0 saturated carbocycles. The Morgan fingerprint density at radius 1 is 1.53 bits per heavy atom. The van der Waals surface area contributed by atoms with Crippen molar-refractivity contribution < 1.29 is 9.59 Å². The second-order valence-corrected chi connectivity index (χ2v) is 7.13. The Morgan fingerprint density at radius 3 is 2.84 bits per heavy atom. The molecule has 1 fully saturated rings. The molecule has 0 unspecified atom stereocenters. The zero-order valence-corrected chi connectivity index (χ0v) is 12.4. The van der Waals surface area contributed by atoms with Gasteiger partial charge in [0.25, 0.3) is 5.91 Å². The number of amides is 2. The SMILES string of the molecule is CC(C)(C)CN1C[C@@H](NC(=O)c2cccs2)CC1=O. The second-order valence-electron chi connectivity index (χ2n) is 6.19. The maximum Gasteiger partial charge on any atom is 0.261 e. The Labute approximate surface area is 117 Å². The molecular weight excluding hydrogens is 260 g/mol. The molecule has 2 heterocycles. The van der Waals surface area contributed by atoms with E-state index in [4.69, 9.17) is 0 Å². The Kier molecular flexibility index (Phi) is 3.94. The summed E-state index contributed by atoms with van der Waals surface area (Å²) in [7, 11) is 0. The summed E-state index contributed by atoms with van der Waals surface area (Å²) in [5.41, 5.74) is 0.0856. The molecule has 2 amide bonds. The van der Waals surface area contributed by atoms with Gasteiger partial charge in [0.1, 0.15) is 0 Å². The molecule has 1 aliphatic rings. The lowest BCUT2D eigenvalue weighted by atomic mass is 9.96. The first kappa shape index (κ1) is 14.1. The Morgan fingerprint density at radius 2 is 2.26 bits per heavy atom. The largest absolute Gasteiger partial charge is 0.346 e. The van der Waals surface area contributed by atoms with Crippen LogP contribution in [0.3, 0.4) is 0 Å². The van der Waals surface area contributed by atoms with Crippen molar-refractivity contribution in [3.63, 3.8) is 0 Å². The van der Waals surface area contributed by atoms with Crippen LogP contribution in [0.25, 0.3) is 0 Å². The first-order valence-corrected chi connectivity index (χ1v) is 7.35. The van der Waals surface area contributed by atoms with Crippen molar-refractivity contribution in [2.75, 3.05) is 13.1 Å². The predicted molar refractivity (Wildman–Crippen MR) is 76.2 cm³/mol. The van der Waals surface area contributed by atoms with Crippen molar-refractivity contribution in [3.8, 4) is 0 Å². The van der Waals surface area contributed by atoms with Crippen molar-refractivity contribution in [2.45, 2.75) is 33.2 Å². The lowest BCUT2D eigenvalue weighted by molar-refractivity contribution is -0.128. The molecule has 1 atom stereocenters. The highest BCUT2D eigenvalue weighted by atomic mass is 32.1. The van der Waals surface area contributed by atoms with Crippen LogP contribution in [0.1, 0.15) is 36.9 Å². The van der Waals surface area contributed by atoms with Crippen LogP contribution in [-0.4, -0.2) is 35.8 Å². The average Bonchev–Trinajstić information content (AvgIpc) is 2.87. The minimum Gasteiger partial charge on any atom is -0.346 e. The van der Waals surface area contributed by atoms with Crippen LogP contribution < -0.4 is 5.32 Å². The zero-order valence-electron chi connectivity index (χ0n) is 11.6. The van der Waals surface area contributed by atoms with Gasteiger partial charge in [0.2, 0.25) is 5.91 Å². The molecule has 104 valence electrons. The molecule has 4 nitrogen and oxygen atoms in total. The van der Waals surface area contributed by atoms with Crippen molar-refractivity contribution in [1.29, 1.82) is 0 Å². The first-order chi connectivity index (χ1) is 8.85. The lowest BCUT2D eigenvalue weighted by Crippen LogP contribution is -2.39. The van der Waals surface area contributed by atoms with Crippen LogP contribution in [0.5, 0.6) is 0 Å². The average molecular weight is 280 g/mol. The first-order valence-electron chi connectivity index (χ1n) is 6.47.